The highest BCUT2D eigenvalue weighted by molar-refractivity contribution is 5.67. The van der Waals surface area contributed by atoms with Gasteiger partial charge in [0.05, 0.1) is 13.1 Å². The van der Waals surface area contributed by atoms with E-state index in [0.717, 1.165) is 5.56 Å². The van der Waals surface area contributed by atoms with Crippen molar-refractivity contribution >= 4 is 6.09 Å². The van der Waals surface area contributed by atoms with Crippen LogP contribution in [0, 0.1) is 0 Å². The van der Waals surface area contributed by atoms with Crippen molar-refractivity contribution in [2.45, 2.75) is 6.61 Å². The third-order valence-electron chi connectivity index (χ3n) is 3.50. The van der Waals surface area contributed by atoms with Gasteiger partial charge in [-0.3, -0.25) is 4.90 Å². The van der Waals surface area contributed by atoms with Crippen LogP contribution in [0.1, 0.15) is 5.56 Å². The summed E-state index contributed by atoms with van der Waals surface area (Å²) >= 11 is 0. The Morgan fingerprint density at radius 3 is 2.60 bits per heavy atom. The zero-order valence-corrected chi connectivity index (χ0v) is 11.6. The summed E-state index contributed by atoms with van der Waals surface area (Å²) < 4.78 is 5.22. The molecule has 2 rings (SSSR count). The monoisotopic (exact) mass is 277 g/mol. The van der Waals surface area contributed by atoms with E-state index in [-0.39, 0.29) is 17.3 Å². The lowest BCUT2D eigenvalue weighted by atomic mass is 10.2. The van der Waals surface area contributed by atoms with Crippen LogP contribution in [-0.4, -0.2) is 53.6 Å². The average Bonchev–Trinajstić information content (AvgIpc) is 2.47. The quantitative estimate of drug-likeness (QED) is 0.677. The Morgan fingerprint density at radius 1 is 1.35 bits per heavy atom. The van der Waals surface area contributed by atoms with Crippen molar-refractivity contribution in [2.24, 2.45) is 0 Å². The van der Waals surface area contributed by atoms with Crippen LogP contribution in [0.25, 0.3) is 0 Å². The Balaban J connectivity index is 1.79. The van der Waals surface area contributed by atoms with Gasteiger partial charge in [-0.05, 0) is 11.6 Å². The van der Waals surface area contributed by atoms with Crippen molar-refractivity contribution in [1.82, 2.24) is 4.90 Å². The lowest BCUT2D eigenvalue weighted by Crippen LogP contribution is -2.58. The molecule has 1 saturated heterocycles. The van der Waals surface area contributed by atoms with Crippen LogP contribution in [0.2, 0.25) is 0 Å². The van der Waals surface area contributed by atoms with Crippen molar-refractivity contribution in [3.8, 4) is 0 Å². The Morgan fingerprint density at radius 2 is 2.00 bits per heavy atom. The molecule has 5 nitrogen and oxygen atoms in total. The van der Waals surface area contributed by atoms with Gasteiger partial charge in [0.15, 0.2) is 0 Å². The third-order valence-corrected chi connectivity index (χ3v) is 3.50. The van der Waals surface area contributed by atoms with E-state index in [1.165, 1.54) is 0 Å². The van der Waals surface area contributed by atoms with Gasteiger partial charge in [-0.2, -0.15) is 4.65 Å². The Kier molecular flexibility index (Phi) is 4.76. The minimum absolute atomic E-state index is 0.0496. The van der Waals surface area contributed by atoms with Gasteiger partial charge >= 0.3 is 6.09 Å². The molecular weight excluding hydrogens is 256 g/mol. The SMILES string of the molecule is C=CC[N+]1(O)CCN(C(=O)OCc2ccccc2)CC1. The minimum atomic E-state index is -0.321. The molecule has 0 spiro atoms. The number of benzene rings is 1. The van der Waals surface area contributed by atoms with Crippen LogP contribution >= 0.6 is 0 Å². The molecule has 1 aromatic rings. The molecule has 1 aliphatic heterocycles. The van der Waals surface area contributed by atoms with Gasteiger partial charge in [0.25, 0.3) is 0 Å². The van der Waals surface area contributed by atoms with Crippen molar-refractivity contribution < 1.29 is 19.4 Å². The number of quaternary nitrogens is 1. The molecule has 0 bridgehead atoms. The molecule has 0 unspecified atom stereocenters. The molecule has 1 N–H and O–H groups in total. The van der Waals surface area contributed by atoms with Gasteiger partial charge in [0.1, 0.15) is 26.2 Å². The maximum atomic E-state index is 11.9. The normalized spacial score (nSPS) is 17.6. The standard InChI is InChI=1S/C15H21N2O3/c1-2-10-17(19)11-8-16(9-12-17)15(18)20-13-14-6-4-3-5-7-14/h2-7,19H,1,8-13H2/q+1. The number of carbonyl (C=O) groups excluding carboxylic acids is 1. The fourth-order valence-electron chi connectivity index (χ4n) is 2.25. The van der Waals surface area contributed by atoms with Crippen LogP contribution in [0.5, 0.6) is 0 Å². The first-order valence-electron chi connectivity index (χ1n) is 6.78. The molecule has 0 saturated carbocycles. The molecule has 1 heterocycles. The number of rotatable bonds is 4. The number of hydrogen-bond acceptors (Lipinski definition) is 3. The smallest absolute Gasteiger partial charge is 0.410 e. The molecule has 0 atom stereocenters. The zero-order valence-electron chi connectivity index (χ0n) is 11.6. The van der Waals surface area contributed by atoms with Crippen LogP contribution in [0.4, 0.5) is 4.79 Å². The molecule has 1 amide bonds. The maximum absolute atomic E-state index is 11.9. The van der Waals surface area contributed by atoms with Gasteiger partial charge in [-0.25, -0.2) is 10.0 Å². The van der Waals surface area contributed by atoms with Crippen LogP contribution in [-0.2, 0) is 11.3 Å². The number of ether oxygens (including phenoxy) is 1. The second-order valence-corrected chi connectivity index (χ2v) is 5.04. The summed E-state index contributed by atoms with van der Waals surface area (Å²) in [5.41, 5.74) is 0.969. The fourth-order valence-corrected chi connectivity index (χ4v) is 2.25. The second-order valence-electron chi connectivity index (χ2n) is 5.04. The Bertz CT molecular complexity index is 453. The summed E-state index contributed by atoms with van der Waals surface area (Å²) in [5.74, 6) is 0. The minimum Gasteiger partial charge on any atom is -0.445 e. The summed E-state index contributed by atoms with van der Waals surface area (Å²) in [6.45, 7) is 6.43. The van der Waals surface area contributed by atoms with E-state index >= 15 is 0 Å². The largest absolute Gasteiger partial charge is 0.445 e. The lowest BCUT2D eigenvalue weighted by molar-refractivity contribution is -1.10. The van der Waals surface area contributed by atoms with Gasteiger partial charge in [-0.1, -0.05) is 36.9 Å². The summed E-state index contributed by atoms with van der Waals surface area (Å²) in [6, 6.07) is 9.59. The van der Waals surface area contributed by atoms with Crippen molar-refractivity contribution in [3.05, 3.63) is 48.6 Å². The van der Waals surface area contributed by atoms with Crippen LogP contribution < -0.4 is 0 Å². The number of amides is 1. The Hall–Kier alpha value is -1.85. The highest BCUT2D eigenvalue weighted by atomic mass is 16.6. The predicted octanol–water partition coefficient (Wildman–Crippen LogP) is 2.03. The lowest BCUT2D eigenvalue weighted by Gasteiger charge is -2.37. The first-order valence-corrected chi connectivity index (χ1v) is 6.78. The number of hydrogen-bond donors (Lipinski definition) is 1. The second kappa shape index (κ2) is 6.54. The summed E-state index contributed by atoms with van der Waals surface area (Å²) in [6.07, 6.45) is 1.38. The molecule has 0 aromatic heterocycles. The number of piperazine rings is 1. The van der Waals surface area contributed by atoms with Gasteiger partial charge < -0.3 is 4.74 Å². The van der Waals surface area contributed by atoms with E-state index in [1.54, 1.807) is 11.0 Å². The molecule has 0 aliphatic carbocycles. The van der Waals surface area contributed by atoms with Gasteiger partial charge in [-0.15, -0.1) is 0 Å². The molecule has 0 radical (unpaired) electrons. The molecule has 1 aromatic carbocycles. The molecule has 1 fully saturated rings. The van der Waals surface area contributed by atoms with Crippen molar-refractivity contribution in [3.63, 3.8) is 0 Å². The number of nitrogens with zero attached hydrogens (tertiary/aromatic N) is 2. The van der Waals surface area contributed by atoms with Gasteiger partial charge in [0, 0.05) is 0 Å². The molecule has 5 heteroatoms. The topological polar surface area (TPSA) is 49.8 Å². The third kappa shape index (κ3) is 3.82. The van der Waals surface area contributed by atoms with Crippen molar-refractivity contribution in [1.29, 1.82) is 0 Å². The fraction of sp³-hybridized carbons (Fsp3) is 0.400. The van der Waals surface area contributed by atoms with Crippen molar-refractivity contribution in [2.75, 3.05) is 32.7 Å². The summed E-state index contributed by atoms with van der Waals surface area (Å²) in [4.78, 5) is 13.6. The first-order chi connectivity index (χ1) is 9.63. The highest BCUT2D eigenvalue weighted by Gasteiger charge is 2.33. The molecule has 108 valence electrons. The highest BCUT2D eigenvalue weighted by Crippen LogP contribution is 2.11. The predicted molar refractivity (Wildman–Crippen MR) is 75.0 cm³/mol. The number of carbonyl (C=O) groups is 1. The van der Waals surface area contributed by atoms with E-state index in [4.69, 9.17) is 4.74 Å². The van der Waals surface area contributed by atoms with E-state index < -0.39 is 0 Å². The van der Waals surface area contributed by atoms with E-state index in [2.05, 4.69) is 6.58 Å². The van der Waals surface area contributed by atoms with Gasteiger partial charge in [0.2, 0.25) is 0 Å². The summed E-state index contributed by atoms with van der Waals surface area (Å²) in [5, 5.41) is 10.2. The van der Waals surface area contributed by atoms with E-state index in [0.29, 0.717) is 32.7 Å². The van der Waals surface area contributed by atoms with Crippen LogP contribution in [0.3, 0.4) is 0 Å². The van der Waals surface area contributed by atoms with E-state index in [1.807, 2.05) is 30.3 Å². The summed E-state index contributed by atoms with van der Waals surface area (Å²) in [7, 11) is 0. The molecule has 1 aliphatic rings. The molecule has 20 heavy (non-hydrogen) atoms. The zero-order chi connectivity index (χ0) is 14.4. The number of hydroxylamine groups is 3. The van der Waals surface area contributed by atoms with E-state index in [9.17, 15) is 10.0 Å². The maximum Gasteiger partial charge on any atom is 0.410 e. The van der Waals surface area contributed by atoms with Crippen LogP contribution in [0.15, 0.2) is 43.0 Å². The first kappa shape index (κ1) is 14.6. The molecular formula is C15H21N2O3+. The Labute approximate surface area is 119 Å². The average molecular weight is 277 g/mol.